The molecule has 0 saturated heterocycles. The molecular formula is C20H17BrN2O2S. The topological polar surface area (TPSA) is 52.1 Å². The lowest BCUT2D eigenvalue weighted by Gasteiger charge is -2.13. The van der Waals surface area contributed by atoms with Crippen LogP contribution in [-0.4, -0.2) is 22.5 Å². The van der Waals surface area contributed by atoms with E-state index >= 15 is 0 Å². The van der Waals surface area contributed by atoms with Crippen molar-refractivity contribution >= 4 is 33.7 Å². The second kappa shape index (κ2) is 8.47. The van der Waals surface area contributed by atoms with Crippen molar-refractivity contribution in [2.45, 2.75) is 23.9 Å². The Morgan fingerprint density at radius 1 is 1.12 bits per heavy atom. The van der Waals surface area contributed by atoms with Crippen LogP contribution in [0.3, 0.4) is 0 Å². The number of nitrogens with zero attached hydrogens (tertiary/aromatic N) is 2. The lowest BCUT2D eigenvalue weighted by Crippen LogP contribution is -2.12. The molecule has 0 spiro atoms. The zero-order valence-corrected chi connectivity index (χ0v) is 16.8. The maximum atomic E-state index is 12.5. The summed E-state index contributed by atoms with van der Waals surface area (Å²) in [5.41, 5.74) is 2.42. The molecule has 0 radical (unpaired) electrons. The first kappa shape index (κ1) is 18.6. The Morgan fingerprint density at radius 2 is 1.88 bits per heavy atom. The van der Waals surface area contributed by atoms with Crippen LogP contribution >= 0.6 is 27.7 Å². The summed E-state index contributed by atoms with van der Waals surface area (Å²) in [5, 5.41) is 0.594. The molecule has 4 nitrogen and oxygen atoms in total. The molecular weight excluding hydrogens is 412 g/mol. The SMILES string of the molecule is CCOC(=O)c1c(C)nc(Sc2ccccc2)nc1-c1cccc(Br)c1. The molecule has 26 heavy (non-hydrogen) atoms. The van der Waals surface area contributed by atoms with Crippen LogP contribution in [0.4, 0.5) is 0 Å². The number of aryl methyl sites for hydroxylation is 1. The van der Waals surface area contributed by atoms with E-state index in [1.165, 1.54) is 11.8 Å². The second-order valence-electron chi connectivity index (χ2n) is 5.46. The number of aromatic nitrogens is 2. The van der Waals surface area contributed by atoms with Gasteiger partial charge in [-0.3, -0.25) is 0 Å². The molecule has 0 aliphatic carbocycles. The van der Waals surface area contributed by atoms with Crippen LogP contribution in [0.15, 0.2) is 69.1 Å². The van der Waals surface area contributed by atoms with E-state index in [0.717, 1.165) is 14.9 Å². The number of esters is 1. The molecule has 1 heterocycles. The minimum absolute atomic E-state index is 0.302. The third kappa shape index (κ3) is 4.31. The van der Waals surface area contributed by atoms with Crippen molar-refractivity contribution < 1.29 is 9.53 Å². The summed E-state index contributed by atoms with van der Waals surface area (Å²) in [6, 6.07) is 17.6. The molecule has 6 heteroatoms. The van der Waals surface area contributed by atoms with Gasteiger partial charge in [-0.25, -0.2) is 14.8 Å². The van der Waals surface area contributed by atoms with Gasteiger partial charge in [-0.1, -0.05) is 46.3 Å². The normalized spacial score (nSPS) is 10.6. The van der Waals surface area contributed by atoms with Gasteiger partial charge in [0.1, 0.15) is 5.56 Å². The fraction of sp³-hybridized carbons (Fsp3) is 0.150. The highest BCUT2D eigenvalue weighted by molar-refractivity contribution is 9.10. The summed E-state index contributed by atoms with van der Waals surface area (Å²) >= 11 is 4.94. The van der Waals surface area contributed by atoms with Crippen LogP contribution in [0.25, 0.3) is 11.3 Å². The van der Waals surface area contributed by atoms with Crippen LogP contribution in [-0.2, 0) is 4.74 Å². The number of hydrogen-bond donors (Lipinski definition) is 0. The van der Waals surface area contributed by atoms with Gasteiger partial charge >= 0.3 is 5.97 Å². The third-order valence-corrected chi connectivity index (χ3v) is 4.97. The fourth-order valence-corrected chi connectivity index (χ4v) is 3.70. The van der Waals surface area contributed by atoms with Gasteiger partial charge in [-0.15, -0.1) is 0 Å². The minimum atomic E-state index is -0.406. The zero-order valence-electron chi connectivity index (χ0n) is 14.4. The molecule has 132 valence electrons. The molecule has 0 aliphatic rings. The molecule has 3 aromatic rings. The minimum Gasteiger partial charge on any atom is -0.462 e. The molecule has 0 N–H and O–H groups in total. The van der Waals surface area contributed by atoms with Crippen molar-refractivity contribution in [2.24, 2.45) is 0 Å². The van der Waals surface area contributed by atoms with E-state index in [9.17, 15) is 4.79 Å². The van der Waals surface area contributed by atoms with Gasteiger partial charge in [0.2, 0.25) is 0 Å². The van der Waals surface area contributed by atoms with E-state index in [-0.39, 0.29) is 0 Å². The van der Waals surface area contributed by atoms with E-state index in [4.69, 9.17) is 4.74 Å². The number of halogens is 1. The van der Waals surface area contributed by atoms with Gasteiger partial charge in [0.15, 0.2) is 5.16 Å². The average Bonchev–Trinajstić information content (AvgIpc) is 2.62. The van der Waals surface area contributed by atoms with Gasteiger partial charge in [-0.05, 0) is 49.9 Å². The predicted molar refractivity (Wildman–Crippen MR) is 106 cm³/mol. The summed E-state index contributed by atoms with van der Waals surface area (Å²) < 4.78 is 6.14. The van der Waals surface area contributed by atoms with Crippen molar-refractivity contribution in [3.63, 3.8) is 0 Å². The number of benzene rings is 2. The Kier molecular flexibility index (Phi) is 6.06. The van der Waals surface area contributed by atoms with Crippen molar-refractivity contribution in [3.05, 3.63) is 70.3 Å². The average molecular weight is 429 g/mol. The number of ether oxygens (including phenoxy) is 1. The highest BCUT2D eigenvalue weighted by Gasteiger charge is 2.21. The predicted octanol–water partition coefficient (Wildman–Crippen LogP) is 5.54. The van der Waals surface area contributed by atoms with E-state index in [0.29, 0.717) is 28.7 Å². The smallest absolute Gasteiger partial charge is 0.342 e. The van der Waals surface area contributed by atoms with E-state index < -0.39 is 5.97 Å². The Balaban J connectivity index is 2.11. The highest BCUT2D eigenvalue weighted by Crippen LogP contribution is 2.31. The van der Waals surface area contributed by atoms with Crippen molar-refractivity contribution in [1.29, 1.82) is 0 Å². The molecule has 0 atom stereocenters. The first-order chi connectivity index (χ1) is 12.6. The zero-order chi connectivity index (χ0) is 18.5. The third-order valence-electron chi connectivity index (χ3n) is 3.60. The molecule has 3 rings (SSSR count). The van der Waals surface area contributed by atoms with Crippen LogP contribution < -0.4 is 0 Å². The maximum absolute atomic E-state index is 12.5. The summed E-state index contributed by atoms with van der Waals surface area (Å²) in [5.74, 6) is -0.406. The van der Waals surface area contributed by atoms with Gasteiger partial charge in [0.25, 0.3) is 0 Å². The molecule has 2 aromatic carbocycles. The number of carbonyl (C=O) groups is 1. The van der Waals surface area contributed by atoms with Crippen LogP contribution in [0.5, 0.6) is 0 Å². The van der Waals surface area contributed by atoms with Crippen molar-refractivity contribution in [3.8, 4) is 11.3 Å². The van der Waals surface area contributed by atoms with E-state index in [1.54, 1.807) is 6.92 Å². The molecule has 0 unspecified atom stereocenters. The van der Waals surface area contributed by atoms with Gasteiger partial charge in [-0.2, -0.15) is 0 Å². The van der Waals surface area contributed by atoms with Crippen molar-refractivity contribution in [1.82, 2.24) is 9.97 Å². The quantitative estimate of drug-likeness (QED) is 0.394. The monoisotopic (exact) mass is 428 g/mol. The Labute approximate surface area is 165 Å². The lowest BCUT2D eigenvalue weighted by atomic mass is 10.0. The first-order valence-corrected chi connectivity index (χ1v) is 9.74. The molecule has 0 fully saturated rings. The van der Waals surface area contributed by atoms with Crippen LogP contribution in [0, 0.1) is 6.92 Å². The summed E-state index contributed by atoms with van der Waals surface area (Å²) in [6.45, 7) is 3.90. The Bertz CT molecular complexity index is 932. The summed E-state index contributed by atoms with van der Waals surface area (Å²) in [7, 11) is 0. The number of hydrogen-bond acceptors (Lipinski definition) is 5. The largest absolute Gasteiger partial charge is 0.462 e. The van der Waals surface area contributed by atoms with E-state index in [2.05, 4.69) is 25.9 Å². The molecule has 1 aromatic heterocycles. The lowest BCUT2D eigenvalue weighted by molar-refractivity contribution is 0.0525. The Hall–Kier alpha value is -2.18. The fourth-order valence-electron chi connectivity index (χ4n) is 2.48. The van der Waals surface area contributed by atoms with Gasteiger partial charge < -0.3 is 4.74 Å². The summed E-state index contributed by atoms with van der Waals surface area (Å²) in [6.07, 6.45) is 0. The van der Waals surface area contributed by atoms with Gasteiger partial charge in [0.05, 0.1) is 18.0 Å². The standard InChI is InChI=1S/C20H17BrN2O2S/c1-3-25-19(24)17-13(2)22-20(26-16-10-5-4-6-11-16)23-18(17)14-8-7-9-15(21)12-14/h4-12H,3H2,1-2H3. The Morgan fingerprint density at radius 3 is 2.58 bits per heavy atom. The number of rotatable bonds is 5. The summed E-state index contributed by atoms with van der Waals surface area (Å²) in [4.78, 5) is 22.7. The van der Waals surface area contributed by atoms with Gasteiger partial charge in [0, 0.05) is 14.9 Å². The van der Waals surface area contributed by atoms with Crippen molar-refractivity contribution in [2.75, 3.05) is 6.61 Å². The van der Waals surface area contributed by atoms with Crippen LogP contribution in [0.2, 0.25) is 0 Å². The molecule has 0 saturated carbocycles. The second-order valence-corrected chi connectivity index (χ2v) is 7.42. The highest BCUT2D eigenvalue weighted by atomic mass is 79.9. The molecule has 0 amide bonds. The molecule has 0 bridgehead atoms. The first-order valence-electron chi connectivity index (χ1n) is 8.13. The van der Waals surface area contributed by atoms with Crippen LogP contribution in [0.1, 0.15) is 23.0 Å². The van der Waals surface area contributed by atoms with E-state index in [1.807, 2.05) is 61.5 Å². The number of carbonyl (C=O) groups excluding carboxylic acids is 1. The maximum Gasteiger partial charge on any atom is 0.342 e. The molecule has 0 aliphatic heterocycles.